The van der Waals surface area contributed by atoms with E-state index in [0.29, 0.717) is 11.9 Å². The second-order valence-electron chi connectivity index (χ2n) is 3.07. The molecule has 81 valence electrons. The van der Waals surface area contributed by atoms with Crippen molar-refractivity contribution < 1.29 is 9.47 Å². The monoisotopic (exact) mass is 215 g/mol. The van der Waals surface area contributed by atoms with Crippen LogP contribution >= 0.6 is 0 Å². The predicted molar refractivity (Wildman–Crippen MR) is 59.4 cm³/mol. The van der Waals surface area contributed by atoms with Gasteiger partial charge in [0.25, 0.3) is 0 Å². The number of hydrogen-bond donors (Lipinski definition) is 0. The molecule has 4 nitrogen and oxygen atoms in total. The molecule has 0 saturated heterocycles. The van der Waals surface area contributed by atoms with Gasteiger partial charge in [-0.3, -0.25) is 0 Å². The molecule has 0 aliphatic carbocycles. The Morgan fingerprint density at radius 2 is 2.12 bits per heavy atom. The van der Waals surface area contributed by atoms with Gasteiger partial charge in [-0.05, 0) is 17.7 Å². The summed E-state index contributed by atoms with van der Waals surface area (Å²) in [7, 11) is 3.09. The van der Waals surface area contributed by atoms with Gasteiger partial charge in [0.1, 0.15) is 0 Å². The molecule has 0 atom stereocenters. The average molecular weight is 215 g/mol. The third-order valence-electron chi connectivity index (χ3n) is 2.13. The Labute approximate surface area is 93.9 Å². The SMILES string of the molecule is COc1ncc(-c2c[c]ccc2)c(OC)n1. The lowest BCUT2D eigenvalue weighted by molar-refractivity contribution is 0.353. The lowest BCUT2D eigenvalue weighted by atomic mass is 10.1. The van der Waals surface area contributed by atoms with Crippen molar-refractivity contribution in [2.24, 2.45) is 0 Å². The topological polar surface area (TPSA) is 44.2 Å². The van der Waals surface area contributed by atoms with Gasteiger partial charge in [0.05, 0.1) is 19.8 Å². The molecule has 0 unspecified atom stereocenters. The Bertz CT molecular complexity index is 472. The molecule has 16 heavy (non-hydrogen) atoms. The molecule has 2 aromatic rings. The average Bonchev–Trinajstić information content (AvgIpc) is 2.39. The largest absolute Gasteiger partial charge is 0.480 e. The minimum Gasteiger partial charge on any atom is -0.480 e. The first kappa shape index (κ1) is 10.4. The van der Waals surface area contributed by atoms with Gasteiger partial charge in [0.15, 0.2) is 0 Å². The molecule has 1 heterocycles. The summed E-state index contributed by atoms with van der Waals surface area (Å²) in [5, 5.41) is 0. The molecular formula is C12H11N2O2. The number of aromatic nitrogens is 2. The summed E-state index contributed by atoms with van der Waals surface area (Å²) >= 11 is 0. The molecule has 2 rings (SSSR count). The number of methoxy groups -OCH3 is 2. The fraction of sp³-hybridized carbons (Fsp3) is 0.167. The highest BCUT2D eigenvalue weighted by Gasteiger charge is 2.09. The van der Waals surface area contributed by atoms with E-state index in [2.05, 4.69) is 16.0 Å². The Hall–Kier alpha value is -2.10. The molecule has 0 N–H and O–H groups in total. The zero-order valence-electron chi connectivity index (χ0n) is 9.10. The minimum atomic E-state index is 0.292. The molecule has 1 radical (unpaired) electrons. The molecule has 4 heteroatoms. The predicted octanol–water partition coefficient (Wildman–Crippen LogP) is 1.96. The fourth-order valence-electron chi connectivity index (χ4n) is 1.36. The van der Waals surface area contributed by atoms with Crippen molar-refractivity contribution in [3.63, 3.8) is 0 Å². The van der Waals surface area contributed by atoms with E-state index in [9.17, 15) is 0 Å². The number of nitrogens with zero attached hydrogens (tertiary/aromatic N) is 2. The van der Waals surface area contributed by atoms with Crippen LogP contribution in [0.1, 0.15) is 0 Å². The highest BCUT2D eigenvalue weighted by molar-refractivity contribution is 5.67. The first-order valence-corrected chi connectivity index (χ1v) is 4.76. The lowest BCUT2D eigenvalue weighted by Crippen LogP contribution is -1.97. The van der Waals surface area contributed by atoms with Crippen molar-refractivity contribution in [3.8, 4) is 23.0 Å². The van der Waals surface area contributed by atoms with Gasteiger partial charge < -0.3 is 9.47 Å². The van der Waals surface area contributed by atoms with Crippen LogP contribution in [0.2, 0.25) is 0 Å². The summed E-state index contributed by atoms with van der Waals surface area (Å²) in [5.74, 6) is 0.492. The van der Waals surface area contributed by atoms with E-state index in [1.807, 2.05) is 24.3 Å². The summed E-state index contributed by atoms with van der Waals surface area (Å²) in [4.78, 5) is 8.17. The van der Waals surface area contributed by atoms with E-state index < -0.39 is 0 Å². The number of ether oxygens (including phenoxy) is 2. The van der Waals surface area contributed by atoms with Crippen LogP contribution in [0, 0.1) is 6.07 Å². The fourth-order valence-corrected chi connectivity index (χ4v) is 1.36. The van der Waals surface area contributed by atoms with Gasteiger partial charge in [0.2, 0.25) is 5.88 Å². The van der Waals surface area contributed by atoms with Crippen molar-refractivity contribution in [2.75, 3.05) is 14.2 Å². The number of hydrogen-bond acceptors (Lipinski definition) is 4. The van der Waals surface area contributed by atoms with Crippen LogP contribution in [0.4, 0.5) is 0 Å². The Kier molecular flexibility index (Phi) is 3.00. The van der Waals surface area contributed by atoms with Gasteiger partial charge in [-0.25, -0.2) is 4.98 Å². The summed E-state index contributed by atoms with van der Waals surface area (Å²) in [5.41, 5.74) is 1.78. The molecule has 0 aliphatic heterocycles. The molecule has 0 aliphatic rings. The molecule has 0 amide bonds. The molecule has 0 fully saturated rings. The maximum atomic E-state index is 5.20. The molecule has 1 aromatic carbocycles. The van der Waals surface area contributed by atoms with E-state index in [-0.39, 0.29) is 0 Å². The maximum Gasteiger partial charge on any atom is 0.319 e. The van der Waals surface area contributed by atoms with Gasteiger partial charge >= 0.3 is 6.01 Å². The number of benzene rings is 1. The van der Waals surface area contributed by atoms with Crippen LogP contribution in [0.25, 0.3) is 11.1 Å². The van der Waals surface area contributed by atoms with Gasteiger partial charge in [-0.15, -0.1) is 0 Å². The minimum absolute atomic E-state index is 0.292. The molecular weight excluding hydrogens is 204 g/mol. The third kappa shape index (κ3) is 1.95. The zero-order chi connectivity index (χ0) is 11.4. The molecule has 0 bridgehead atoms. The van der Waals surface area contributed by atoms with E-state index in [1.54, 1.807) is 13.3 Å². The second-order valence-corrected chi connectivity index (χ2v) is 3.07. The van der Waals surface area contributed by atoms with Crippen LogP contribution in [0.5, 0.6) is 11.9 Å². The Morgan fingerprint density at radius 1 is 1.25 bits per heavy atom. The normalized spacial score (nSPS) is 9.88. The first-order valence-electron chi connectivity index (χ1n) is 4.76. The van der Waals surface area contributed by atoms with E-state index in [1.165, 1.54) is 7.11 Å². The standard InChI is InChI=1S/C12H11N2O2/c1-15-11-10(8-13-12(14-11)16-2)9-6-4-3-5-7-9/h3-4,6-8H,1-2H3. The van der Waals surface area contributed by atoms with Crippen LogP contribution in [-0.4, -0.2) is 24.2 Å². The molecule has 0 spiro atoms. The summed E-state index contributed by atoms with van der Waals surface area (Å²) in [6.07, 6.45) is 1.67. The molecule has 0 saturated carbocycles. The number of rotatable bonds is 3. The zero-order valence-corrected chi connectivity index (χ0v) is 9.10. The smallest absolute Gasteiger partial charge is 0.319 e. The third-order valence-corrected chi connectivity index (χ3v) is 2.13. The van der Waals surface area contributed by atoms with Crippen LogP contribution in [0.3, 0.4) is 0 Å². The summed E-state index contributed by atoms with van der Waals surface area (Å²) < 4.78 is 10.1. The summed E-state index contributed by atoms with van der Waals surface area (Å²) in [6, 6.07) is 10.8. The quantitative estimate of drug-likeness (QED) is 0.785. The highest BCUT2D eigenvalue weighted by atomic mass is 16.5. The molecule has 1 aromatic heterocycles. The van der Waals surface area contributed by atoms with Crippen molar-refractivity contribution in [2.45, 2.75) is 0 Å². The van der Waals surface area contributed by atoms with E-state index in [0.717, 1.165) is 11.1 Å². The lowest BCUT2D eigenvalue weighted by Gasteiger charge is -2.07. The van der Waals surface area contributed by atoms with Gasteiger partial charge in [-0.2, -0.15) is 4.98 Å². The maximum absolute atomic E-state index is 5.20. The van der Waals surface area contributed by atoms with Gasteiger partial charge in [0, 0.05) is 6.20 Å². The first-order chi connectivity index (χ1) is 7.85. The van der Waals surface area contributed by atoms with E-state index in [4.69, 9.17) is 9.47 Å². The van der Waals surface area contributed by atoms with Crippen molar-refractivity contribution >= 4 is 0 Å². The highest BCUT2D eigenvalue weighted by Crippen LogP contribution is 2.28. The Morgan fingerprint density at radius 3 is 2.75 bits per heavy atom. The second kappa shape index (κ2) is 4.61. The van der Waals surface area contributed by atoms with E-state index >= 15 is 0 Å². The van der Waals surface area contributed by atoms with Crippen LogP contribution < -0.4 is 9.47 Å². The van der Waals surface area contributed by atoms with Crippen molar-refractivity contribution in [1.82, 2.24) is 9.97 Å². The van der Waals surface area contributed by atoms with Crippen LogP contribution in [-0.2, 0) is 0 Å². The van der Waals surface area contributed by atoms with Crippen LogP contribution in [0.15, 0.2) is 30.5 Å². The Balaban J connectivity index is 2.49. The van der Waals surface area contributed by atoms with Gasteiger partial charge in [-0.1, -0.05) is 18.2 Å². The van der Waals surface area contributed by atoms with Crippen molar-refractivity contribution in [1.29, 1.82) is 0 Å². The summed E-state index contributed by atoms with van der Waals surface area (Å²) in [6.45, 7) is 0. The van der Waals surface area contributed by atoms with Crippen molar-refractivity contribution in [3.05, 3.63) is 36.5 Å².